The fourth-order valence-electron chi connectivity index (χ4n) is 3.07. The lowest BCUT2D eigenvalue weighted by molar-refractivity contribution is 0.272. The molecule has 0 bridgehead atoms. The Morgan fingerprint density at radius 3 is 2.50 bits per heavy atom. The molecule has 4 rings (SSSR count). The van der Waals surface area contributed by atoms with Crippen molar-refractivity contribution in [2.45, 2.75) is 0 Å². The van der Waals surface area contributed by atoms with Gasteiger partial charge < -0.3 is 9.88 Å². The van der Waals surface area contributed by atoms with Crippen LogP contribution in [0, 0.1) is 0 Å². The van der Waals surface area contributed by atoms with Gasteiger partial charge in [-0.15, -0.1) is 0 Å². The van der Waals surface area contributed by atoms with Gasteiger partial charge in [-0.05, 0) is 30.3 Å². The van der Waals surface area contributed by atoms with Gasteiger partial charge in [-0.2, -0.15) is 5.10 Å². The standard InChI is InChI=1S/C19H19ClN4/c20-16-5-7-17(8-6-16)23-9-11-24(12-10-23)22-14-15-13-21-19-4-2-1-3-18(15)19/h1-8,13-14,21H,9-12H2. The van der Waals surface area contributed by atoms with Crippen LogP contribution in [-0.2, 0) is 0 Å². The molecule has 0 aliphatic carbocycles. The average molecular weight is 339 g/mol. The zero-order valence-corrected chi connectivity index (χ0v) is 14.1. The molecule has 5 heteroatoms. The number of H-pyrrole nitrogens is 1. The highest BCUT2D eigenvalue weighted by atomic mass is 35.5. The number of nitrogens with one attached hydrogen (secondary N) is 1. The number of rotatable bonds is 3. The second-order valence-corrected chi connectivity index (χ2v) is 6.39. The number of nitrogens with zero attached hydrogens (tertiary/aromatic N) is 3. The van der Waals surface area contributed by atoms with Gasteiger partial charge in [-0.1, -0.05) is 29.8 Å². The molecule has 1 fully saturated rings. The molecule has 1 aliphatic heterocycles. The van der Waals surface area contributed by atoms with E-state index in [0.29, 0.717) is 0 Å². The third-order valence-corrected chi connectivity index (χ3v) is 4.68. The van der Waals surface area contributed by atoms with Crippen LogP contribution in [0.5, 0.6) is 0 Å². The monoisotopic (exact) mass is 338 g/mol. The van der Waals surface area contributed by atoms with Gasteiger partial charge in [0.05, 0.1) is 19.3 Å². The Morgan fingerprint density at radius 1 is 0.958 bits per heavy atom. The van der Waals surface area contributed by atoms with Crippen molar-refractivity contribution < 1.29 is 0 Å². The van der Waals surface area contributed by atoms with Gasteiger partial charge in [0.25, 0.3) is 0 Å². The number of benzene rings is 2. The van der Waals surface area contributed by atoms with Gasteiger partial charge in [0.2, 0.25) is 0 Å². The van der Waals surface area contributed by atoms with Crippen molar-refractivity contribution in [2.75, 3.05) is 31.1 Å². The van der Waals surface area contributed by atoms with E-state index in [1.165, 1.54) is 11.1 Å². The molecule has 0 saturated carbocycles. The zero-order chi connectivity index (χ0) is 16.4. The minimum Gasteiger partial charge on any atom is -0.368 e. The minimum absolute atomic E-state index is 0.778. The SMILES string of the molecule is Clc1ccc(N2CCN(N=Cc3c[nH]c4ccccc34)CC2)cc1. The molecule has 0 radical (unpaired) electrons. The van der Waals surface area contributed by atoms with E-state index in [4.69, 9.17) is 11.6 Å². The van der Waals surface area contributed by atoms with E-state index in [0.717, 1.165) is 42.3 Å². The van der Waals surface area contributed by atoms with Crippen LogP contribution >= 0.6 is 11.6 Å². The molecule has 4 nitrogen and oxygen atoms in total. The molecular formula is C19H19ClN4. The number of para-hydroxylation sites is 1. The van der Waals surface area contributed by atoms with Crippen LogP contribution < -0.4 is 4.90 Å². The number of hydrazone groups is 1. The summed E-state index contributed by atoms with van der Waals surface area (Å²) < 4.78 is 0. The fraction of sp³-hybridized carbons (Fsp3) is 0.211. The summed E-state index contributed by atoms with van der Waals surface area (Å²) in [6.45, 7) is 3.77. The lowest BCUT2D eigenvalue weighted by atomic mass is 10.2. The molecule has 2 aromatic carbocycles. The van der Waals surface area contributed by atoms with Crippen molar-refractivity contribution in [3.8, 4) is 0 Å². The Bertz CT molecular complexity index is 845. The molecule has 0 spiro atoms. The summed E-state index contributed by atoms with van der Waals surface area (Å²) in [4.78, 5) is 5.65. The lowest BCUT2D eigenvalue weighted by Crippen LogP contribution is -2.44. The number of aromatic amines is 1. The van der Waals surface area contributed by atoms with Crippen LogP contribution in [0.2, 0.25) is 5.02 Å². The maximum Gasteiger partial charge on any atom is 0.0564 e. The molecule has 24 heavy (non-hydrogen) atoms. The number of aromatic nitrogens is 1. The van der Waals surface area contributed by atoms with Gasteiger partial charge in [-0.3, -0.25) is 5.01 Å². The van der Waals surface area contributed by atoms with Crippen molar-refractivity contribution >= 4 is 34.4 Å². The number of hydrogen-bond donors (Lipinski definition) is 1. The second-order valence-electron chi connectivity index (χ2n) is 5.95. The molecule has 2 heterocycles. The van der Waals surface area contributed by atoms with Crippen LogP contribution in [0.15, 0.2) is 59.8 Å². The lowest BCUT2D eigenvalue weighted by Gasteiger charge is -2.34. The van der Waals surface area contributed by atoms with Gasteiger partial charge in [0, 0.05) is 46.5 Å². The summed E-state index contributed by atoms with van der Waals surface area (Å²) in [5.74, 6) is 0. The Hall–Kier alpha value is -2.46. The van der Waals surface area contributed by atoms with E-state index < -0.39 is 0 Å². The van der Waals surface area contributed by atoms with Crippen molar-refractivity contribution in [3.05, 3.63) is 65.3 Å². The first-order valence-corrected chi connectivity index (χ1v) is 8.53. The number of anilines is 1. The predicted molar refractivity (Wildman–Crippen MR) is 101 cm³/mol. The highest BCUT2D eigenvalue weighted by Gasteiger charge is 2.15. The maximum atomic E-state index is 5.96. The molecule has 0 atom stereocenters. The van der Waals surface area contributed by atoms with Crippen LogP contribution in [0.3, 0.4) is 0 Å². The molecule has 1 N–H and O–H groups in total. The smallest absolute Gasteiger partial charge is 0.0564 e. The van der Waals surface area contributed by atoms with Crippen molar-refractivity contribution in [2.24, 2.45) is 5.10 Å². The van der Waals surface area contributed by atoms with E-state index in [1.54, 1.807) is 0 Å². The number of piperazine rings is 1. The normalized spacial score (nSPS) is 15.5. The third kappa shape index (κ3) is 3.10. The summed E-state index contributed by atoms with van der Waals surface area (Å²) in [5.41, 5.74) is 3.50. The van der Waals surface area contributed by atoms with Gasteiger partial charge >= 0.3 is 0 Å². The Morgan fingerprint density at radius 2 is 1.71 bits per heavy atom. The van der Waals surface area contributed by atoms with Crippen LogP contribution in [0.25, 0.3) is 10.9 Å². The van der Waals surface area contributed by atoms with E-state index >= 15 is 0 Å². The summed E-state index contributed by atoms with van der Waals surface area (Å²) in [6.07, 6.45) is 3.97. The van der Waals surface area contributed by atoms with Crippen LogP contribution in [0.1, 0.15) is 5.56 Å². The summed E-state index contributed by atoms with van der Waals surface area (Å²) in [6, 6.07) is 16.3. The van der Waals surface area contributed by atoms with Crippen LogP contribution in [-0.4, -0.2) is 42.4 Å². The van der Waals surface area contributed by atoms with Crippen molar-refractivity contribution in [3.63, 3.8) is 0 Å². The highest BCUT2D eigenvalue weighted by molar-refractivity contribution is 6.30. The van der Waals surface area contributed by atoms with E-state index in [9.17, 15) is 0 Å². The molecule has 122 valence electrons. The quantitative estimate of drug-likeness (QED) is 0.733. The third-order valence-electron chi connectivity index (χ3n) is 4.43. The predicted octanol–water partition coefficient (Wildman–Crippen LogP) is 3.98. The topological polar surface area (TPSA) is 34.6 Å². The first kappa shape index (κ1) is 15.1. The van der Waals surface area contributed by atoms with Gasteiger partial charge in [-0.25, -0.2) is 0 Å². The largest absolute Gasteiger partial charge is 0.368 e. The molecule has 1 aliphatic rings. The zero-order valence-electron chi connectivity index (χ0n) is 13.3. The summed E-state index contributed by atoms with van der Waals surface area (Å²) >= 11 is 5.96. The van der Waals surface area contributed by atoms with Gasteiger partial charge in [0.15, 0.2) is 0 Å². The molecule has 0 amide bonds. The average Bonchev–Trinajstić information content (AvgIpc) is 3.04. The summed E-state index contributed by atoms with van der Waals surface area (Å²) in [5, 5.41) is 8.78. The van der Waals surface area contributed by atoms with Crippen molar-refractivity contribution in [1.82, 2.24) is 9.99 Å². The molecule has 1 aromatic heterocycles. The second kappa shape index (κ2) is 6.57. The molecule has 0 unspecified atom stereocenters. The molecular weight excluding hydrogens is 320 g/mol. The molecule has 1 saturated heterocycles. The number of fused-ring (bicyclic) bond motifs is 1. The first-order chi connectivity index (χ1) is 11.8. The number of halogens is 1. The fourth-order valence-corrected chi connectivity index (χ4v) is 3.19. The van der Waals surface area contributed by atoms with E-state index in [2.05, 4.69) is 50.3 Å². The Labute approximate surface area is 146 Å². The van der Waals surface area contributed by atoms with E-state index in [-0.39, 0.29) is 0 Å². The Kier molecular flexibility index (Phi) is 4.13. The Balaban J connectivity index is 1.40. The summed E-state index contributed by atoms with van der Waals surface area (Å²) in [7, 11) is 0. The maximum absolute atomic E-state index is 5.96. The van der Waals surface area contributed by atoms with E-state index in [1.807, 2.05) is 30.6 Å². The van der Waals surface area contributed by atoms with Crippen molar-refractivity contribution in [1.29, 1.82) is 0 Å². The number of hydrogen-bond acceptors (Lipinski definition) is 3. The first-order valence-electron chi connectivity index (χ1n) is 8.15. The van der Waals surface area contributed by atoms with Crippen LogP contribution in [0.4, 0.5) is 5.69 Å². The van der Waals surface area contributed by atoms with Gasteiger partial charge in [0.1, 0.15) is 0 Å². The minimum atomic E-state index is 0.778. The molecule has 3 aromatic rings. The highest BCUT2D eigenvalue weighted by Crippen LogP contribution is 2.20.